The lowest BCUT2D eigenvalue weighted by Gasteiger charge is -2.21. The molecule has 120 valence electrons. The molecule has 0 saturated heterocycles. The van der Waals surface area contributed by atoms with Crippen LogP contribution in [0, 0.1) is 6.92 Å². The second-order valence-electron chi connectivity index (χ2n) is 5.96. The molecule has 2 aromatic carbocycles. The Bertz CT molecular complexity index is 757. The Morgan fingerprint density at radius 1 is 1.17 bits per heavy atom. The van der Waals surface area contributed by atoms with E-state index < -0.39 is 16.0 Å². The maximum atomic E-state index is 12.8. The van der Waals surface area contributed by atoms with Gasteiger partial charge in [-0.25, -0.2) is 0 Å². The van der Waals surface area contributed by atoms with Gasteiger partial charge in [-0.05, 0) is 43.0 Å². The molecule has 1 heterocycles. The number of benzene rings is 2. The van der Waals surface area contributed by atoms with Gasteiger partial charge in [0, 0.05) is 28.8 Å². The largest absolute Gasteiger partial charge is 0.311 e. The molecule has 0 unspecified atom stereocenters. The van der Waals surface area contributed by atoms with Gasteiger partial charge in [-0.2, -0.15) is 0 Å². The predicted molar refractivity (Wildman–Crippen MR) is 95.0 cm³/mol. The fraction of sp³-hybridized carbons (Fsp3) is 0.316. The summed E-state index contributed by atoms with van der Waals surface area (Å²) in [6.07, 6.45) is 0.874. The summed E-state index contributed by atoms with van der Waals surface area (Å²) in [4.78, 5) is 14.5. The number of aryl methyl sites for hydroxylation is 1. The highest BCUT2D eigenvalue weighted by atomic mass is 32.2. The molecule has 1 aliphatic heterocycles. The second kappa shape index (κ2) is 6.67. The molecule has 2 atom stereocenters. The molecule has 0 aliphatic carbocycles. The Balaban J connectivity index is 1.73. The third-order valence-electron chi connectivity index (χ3n) is 4.45. The zero-order valence-electron chi connectivity index (χ0n) is 13.5. The van der Waals surface area contributed by atoms with E-state index in [2.05, 4.69) is 6.07 Å². The molecule has 1 aliphatic rings. The average molecular weight is 327 g/mol. The van der Waals surface area contributed by atoms with Crippen molar-refractivity contribution in [3.8, 4) is 0 Å². The number of anilines is 1. The number of carbonyl (C=O) groups is 1. The normalized spacial score (nSPS) is 16.0. The first-order valence-corrected chi connectivity index (χ1v) is 9.27. The van der Waals surface area contributed by atoms with E-state index in [1.165, 1.54) is 5.56 Å². The standard InChI is InChI=1S/C19H21NO2S/c1-14-7-3-4-9-17(14)13-23(22)15(2)19(21)20-12-11-16-8-5-6-10-18(16)20/h3-10,15H,11-13H2,1-2H3/t15-,23-/m0/s1. The summed E-state index contributed by atoms with van der Waals surface area (Å²) in [5.41, 5.74) is 4.33. The average Bonchev–Trinajstić information content (AvgIpc) is 2.99. The van der Waals surface area contributed by atoms with Gasteiger partial charge in [0.15, 0.2) is 0 Å². The summed E-state index contributed by atoms with van der Waals surface area (Å²) in [5.74, 6) is 0.386. The number of amides is 1. The Kier molecular flexibility index (Phi) is 4.62. The molecule has 3 nitrogen and oxygen atoms in total. The molecular formula is C19H21NO2S. The van der Waals surface area contributed by atoms with E-state index in [-0.39, 0.29) is 5.91 Å². The maximum Gasteiger partial charge on any atom is 0.242 e. The van der Waals surface area contributed by atoms with Crippen LogP contribution in [0.3, 0.4) is 0 Å². The fourth-order valence-electron chi connectivity index (χ4n) is 2.95. The van der Waals surface area contributed by atoms with Gasteiger partial charge in [-0.15, -0.1) is 0 Å². The molecule has 0 saturated carbocycles. The zero-order valence-corrected chi connectivity index (χ0v) is 14.3. The molecule has 0 aromatic heterocycles. The van der Waals surface area contributed by atoms with Crippen molar-refractivity contribution in [2.24, 2.45) is 0 Å². The van der Waals surface area contributed by atoms with Crippen LogP contribution in [0.15, 0.2) is 48.5 Å². The molecule has 0 spiro atoms. The maximum absolute atomic E-state index is 12.8. The van der Waals surface area contributed by atoms with E-state index in [9.17, 15) is 9.00 Å². The van der Waals surface area contributed by atoms with Crippen molar-refractivity contribution < 1.29 is 9.00 Å². The predicted octanol–water partition coefficient (Wildman–Crippen LogP) is 3.22. The Labute approximate surface area is 139 Å². The number of fused-ring (bicyclic) bond motifs is 1. The lowest BCUT2D eigenvalue weighted by atomic mass is 10.1. The Morgan fingerprint density at radius 3 is 2.65 bits per heavy atom. The van der Waals surface area contributed by atoms with E-state index in [1.54, 1.807) is 11.8 Å². The molecular weight excluding hydrogens is 306 g/mol. The number of para-hydroxylation sites is 1. The van der Waals surface area contributed by atoms with Gasteiger partial charge in [0.25, 0.3) is 0 Å². The summed E-state index contributed by atoms with van der Waals surface area (Å²) in [7, 11) is -1.22. The smallest absolute Gasteiger partial charge is 0.242 e. The highest BCUT2D eigenvalue weighted by Crippen LogP contribution is 2.28. The molecule has 0 N–H and O–H groups in total. The molecule has 3 rings (SSSR count). The van der Waals surface area contributed by atoms with Crippen LogP contribution >= 0.6 is 0 Å². The molecule has 0 bridgehead atoms. The van der Waals surface area contributed by atoms with Crippen molar-refractivity contribution in [2.45, 2.75) is 31.3 Å². The number of carbonyl (C=O) groups excluding carboxylic acids is 1. The van der Waals surface area contributed by atoms with E-state index in [0.29, 0.717) is 12.3 Å². The lowest BCUT2D eigenvalue weighted by Crippen LogP contribution is -2.39. The monoisotopic (exact) mass is 327 g/mol. The summed E-state index contributed by atoms with van der Waals surface area (Å²) >= 11 is 0. The van der Waals surface area contributed by atoms with Gasteiger partial charge in [0.05, 0.1) is 0 Å². The van der Waals surface area contributed by atoms with E-state index in [0.717, 1.165) is 23.2 Å². The number of hydrogen-bond acceptors (Lipinski definition) is 2. The van der Waals surface area contributed by atoms with Crippen LogP contribution in [0.2, 0.25) is 0 Å². The summed E-state index contributed by atoms with van der Waals surface area (Å²) in [6, 6.07) is 15.9. The quantitative estimate of drug-likeness (QED) is 0.864. The molecule has 4 heteroatoms. The van der Waals surface area contributed by atoms with Crippen LogP contribution in [0.25, 0.3) is 0 Å². The van der Waals surface area contributed by atoms with E-state index >= 15 is 0 Å². The summed E-state index contributed by atoms with van der Waals surface area (Å²) in [6.45, 7) is 4.47. The van der Waals surface area contributed by atoms with Crippen LogP contribution in [0.1, 0.15) is 23.6 Å². The van der Waals surface area contributed by atoms with Crippen molar-refractivity contribution in [2.75, 3.05) is 11.4 Å². The van der Waals surface area contributed by atoms with Crippen molar-refractivity contribution in [3.63, 3.8) is 0 Å². The second-order valence-corrected chi connectivity index (χ2v) is 7.72. The molecule has 23 heavy (non-hydrogen) atoms. The van der Waals surface area contributed by atoms with E-state index in [4.69, 9.17) is 0 Å². The summed E-state index contributed by atoms with van der Waals surface area (Å²) < 4.78 is 12.6. The zero-order chi connectivity index (χ0) is 16.4. The van der Waals surface area contributed by atoms with Crippen LogP contribution in [0.5, 0.6) is 0 Å². The third-order valence-corrected chi connectivity index (χ3v) is 6.04. The lowest BCUT2D eigenvalue weighted by molar-refractivity contribution is -0.117. The van der Waals surface area contributed by atoms with Crippen molar-refractivity contribution in [3.05, 3.63) is 65.2 Å². The minimum atomic E-state index is -1.22. The Morgan fingerprint density at radius 2 is 1.87 bits per heavy atom. The minimum absolute atomic E-state index is 0.0399. The van der Waals surface area contributed by atoms with Gasteiger partial charge >= 0.3 is 0 Å². The SMILES string of the molecule is Cc1ccccc1C[S@](=O)[C@@H](C)C(=O)N1CCc2ccccc21. The van der Waals surface area contributed by atoms with E-state index in [1.807, 2.05) is 49.4 Å². The van der Waals surface area contributed by atoms with Gasteiger partial charge in [-0.1, -0.05) is 42.5 Å². The van der Waals surface area contributed by atoms with Crippen LogP contribution in [0.4, 0.5) is 5.69 Å². The van der Waals surface area contributed by atoms with Crippen molar-refractivity contribution >= 4 is 22.4 Å². The van der Waals surface area contributed by atoms with Gasteiger partial charge in [0.2, 0.25) is 5.91 Å². The van der Waals surface area contributed by atoms with Crippen LogP contribution in [-0.4, -0.2) is 21.9 Å². The molecule has 2 aromatic rings. The van der Waals surface area contributed by atoms with Gasteiger partial charge < -0.3 is 4.90 Å². The van der Waals surface area contributed by atoms with Crippen molar-refractivity contribution in [1.29, 1.82) is 0 Å². The summed E-state index contributed by atoms with van der Waals surface area (Å²) in [5, 5.41) is -0.499. The van der Waals surface area contributed by atoms with Gasteiger partial charge in [-0.3, -0.25) is 9.00 Å². The number of nitrogens with zero attached hydrogens (tertiary/aromatic N) is 1. The van der Waals surface area contributed by atoms with Crippen LogP contribution in [-0.2, 0) is 27.8 Å². The number of hydrogen-bond donors (Lipinski definition) is 0. The molecule has 0 fully saturated rings. The van der Waals surface area contributed by atoms with Crippen molar-refractivity contribution in [1.82, 2.24) is 0 Å². The minimum Gasteiger partial charge on any atom is -0.311 e. The highest BCUT2D eigenvalue weighted by molar-refractivity contribution is 7.85. The first-order chi connectivity index (χ1) is 11.1. The van der Waals surface area contributed by atoms with Crippen LogP contribution < -0.4 is 4.90 Å². The molecule has 0 radical (unpaired) electrons. The molecule has 1 amide bonds. The fourth-order valence-corrected chi connectivity index (χ4v) is 4.18. The van der Waals surface area contributed by atoms with Gasteiger partial charge in [0.1, 0.15) is 5.25 Å². The topological polar surface area (TPSA) is 37.4 Å². The third kappa shape index (κ3) is 3.22. The first kappa shape index (κ1) is 15.9. The highest BCUT2D eigenvalue weighted by Gasteiger charge is 2.30. The Hall–Kier alpha value is -1.94. The number of rotatable bonds is 4. The first-order valence-electron chi connectivity index (χ1n) is 7.89.